The van der Waals surface area contributed by atoms with E-state index < -0.39 is 0 Å². The van der Waals surface area contributed by atoms with Gasteiger partial charge in [0.25, 0.3) is 0 Å². The fourth-order valence-corrected chi connectivity index (χ4v) is 3.55. The molecule has 0 aromatic heterocycles. The number of piperidine rings is 1. The molecule has 116 valence electrons. The van der Waals surface area contributed by atoms with Gasteiger partial charge in [0.05, 0.1) is 6.04 Å². The van der Waals surface area contributed by atoms with Crippen molar-refractivity contribution in [3.8, 4) is 0 Å². The van der Waals surface area contributed by atoms with Crippen LogP contribution in [0.2, 0.25) is 0 Å². The van der Waals surface area contributed by atoms with Crippen molar-refractivity contribution in [1.29, 1.82) is 0 Å². The quantitative estimate of drug-likeness (QED) is 0.917. The fraction of sp³-hybridized carbons (Fsp3) is 0.400. The SMILES string of the molecule is Cc1ccccc1C(c1ccccc1C)N1CCCCC1O. The van der Waals surface area contributed by atoms with Gasteiger partial charge in [-0.15, -0.1) is 0 Å². The van der Waals surface area contributed by atoms with E-state index in [1.807, 2.05) is 0 Å². The molecule has 1 aliphatic rings. The van der Waals surface area contributed by atoms with Crippen LogP contribution in [0.4, 0.5) is 0 Å². The van der Waals surface area contributed by atoms with Crippen molar-refractivity contribution in [2.75, 3.05) is 6.54 Å². The molecule has 0 saturated carbocycles. The Morgan fingerprint density at radius 3 is 1.95 bits per heavy atom. The van der Waals surface area contributed by atoms with Crippen LogP contribution in [0, 0.1) is 13.8 Å². The van der Waals surface area contributed by atoms with Gasteiger partial charge in [-0.05, 0) is 55.4 Å². The average molecular weight is 295 g/mol. The maximum absolute atomic E-state index is 10.6. The van der Waals surface area contributed by atoms with Crippen molar-refractivity contribution in [3.05, 3.63) is 70.8 Å². The Morgan fingerprint density at radius 1 is 0.909 bits per heavy atom. The summed E-state index contributed by atoms with van der Waals surface area (Å²) >= 11 is 0. The number of nitrogens with zero attached hydrogens (tertiary/aromatic N) is 1. The van der Waals surface area contributed by atoms with Crippen molar-refractivity contribution in [2.45, 2.75) is 45.4 Å². The molecular formula is C20H25NO. The van der Waals surface area contributed by atoms with E-state index in [9.17, 15) is 5.11 Å². The molecule has 0 bridgehead atoms. The van der Waals surface area contributed by atoms with Gasteiger partial charge in [0, 0.05) is 6.54 Å². The summed E-state index contributed by atoms with van der Waals surface area (Å²) in [6.45, 7) is 5.28. The smallest absolute Gasteiger partial charge is 0.108 e. The lowest BCUT2D eigenvalue weighted by Gasteiger charge is -2.40. The molecule has 0 aliphatic carbocycles. The third-order valence-corrected chi connectivity index (χ3v) is 4.81. The summed E-state index contributed by atoms with van der Waals surface area (Å²) in [6.07, 6.45) is 2.80. The first kappa shape index (κ1) is 15.3. The molecule has 1 aliphatic heterocycles. The summed E-state index contributed by atoms with van der Waals surface area (Å²) < 4.78 is 0. The van der Waals surface area contributed by atoms with E-state index in [1.165, 1.54) is 22.3 Å². The Kier molecular flexibility index (Phi) is 4.60. The van der Waals surface area contributed by atoms with Gasteiger partial charge >= 0.3 is 0 Å². The minimum atomic E-state index is -0.349. The molecule has 0 spiro atoms. The van der Waals surface area contributed by atoms with E-state index >= 15 is 0 Å². The predicted octanol–water partition coefficient (Wildman–Crippen LogP) is 4.20. The zero-order valence-electron chi connectivity index (χ0n) is 13.5. The normalized spacial score (nSPS) is 19.5. The Labute approximate surface area is 133 Å². The highest BCUT2D eigenvalue weighted by Gasteiger charge is 2.31. The van der Waals surface area contributed by atoms with E-state index in [4.69, 9.17) is 0 Å². The van der Waals surface area contributed by atoms with Gasteiger partial charge in [-0.25, -0.2) is 0 Å². The first-order chi connectivity index (χ1) is 10.7. The van der Waals surface area contributed by atoms with Crippen LogP contribution in [0.25, 0.3) is 0 Å². The molecule has 2 heteroatoms. The highest BCUT2D eigenvalue weighted by Crippen LogP contribution is 2.36. The van der Waals surface area contributed by atoms with Gasteiger partial charge in [0.1, 0.15) is 6.23 Å². The molecule has 1 atom stereocenters. The van der Waals surface area contributed by atoms with Crippen molar-refractivity contribution in [3.63, 3.8) is 0 Å². The lowest BCUT2D eigenvalue weighted by Crippen LogP contribution is -2.42. The molecule has 1 fully saturated rings. The van der Waals surface area contributed by atoms with Crippen LogP contribution < -0.4 is 0 Å². The molecule has 2 nitrogen and oxygen atoms in total. The number of rotatable bonds is 3. The largest absolute Gasteiger partial charge is 0.378 e. The van der Waals surface area contributed by atoms with Gasteiger partial charge in [0.2, 0.25) is 0 Å². The molecule has 22 heavy (non-hydrogen) atoms. The number of hydrogen-bond acceptors (Lipinski definition) is 2. The van der Waals surface area contributed by atoms with Crippen LogP contribution in [0.3, 0.4) is 0 Å². The van der Waals surface area contributed by atoms with E-state index in [-0.39, 0.29) is 12.3 Å². The van der Waals surface area contributed by atoms with Gasteiger partial charge in [0.15, 0.2) is 0 Å². The fourth-order valence-electron chi connectivity index (χ4n) is 3.55. The Bertz CT molecular complexity index is 592. The summed E-state index contributed by atoms with van der Waals surface area (Å²) in [4.78, 5) is 2.27. The van der Waals surface area contributed by atoms with Gasteiger partial charge < -0.3 is 5.11 Å². The molecule has 2 aromatic carbocycles. The maximum Gasteiger partial charge on any atom is 0.108 e. The maximum atomic E-state index is 10.6. The molecule has 0 radical (unpaired) electrons. The summed E-state index contributed by atoms with van der Waals surface area (Å²) in [5.74, 6) is 0. The van der Waals surface area contributed by atoms with Crippen LogP contribution in [0.1, 0.15) is 47.6 Å². The lowest BCUT2D eigenvalue weighted by molar-refractivity contribution is -0.0423. The zero-order valence-corrected chi connectivity index (χ0v) is 13.5. The summed E-state index contributed by atoms with van der Waals surface area (Å²) in [6, 6.07) is 17.2. The number of hydrogen-bond donors (Lipinski definition) is 1. The first-order valence-electron chi connectivity index (χ1n) is 8.23. The molecule has 1 saturated heterocycles. The first-order valence-corrected chi connectivity index (χ1v) is 8.23. The highest BCUT2D eigenvalue weighted by atomic mass is 16.3. The lowest BCUT2D eigenvalue weighted by atomic mass is 9.89. The number of aryl methyl sites for hydroxylation is 2. The molecule has 1 heterocycles. The van der Waals surface area contributed by atoms with Gasteiger partial charge in [-0.3, -0.25) is 4.90 Å². The zero-order chi connectivity index (χ0) is 15.5. The molecule has 0 amide bonds. The Hall–Kier alpha value is -1.64. The standard InChI is InChI=1S/C20H25NO/c1-15-9-3-5-11-17(15)20(18-12-6-4-10-16(18)2)21-14-8-7-13-19(21)22/h3-6,9-12,19-20,22H,7-8,13-14H2,1-2H3. The predicted molar refractivity (Wildman–Crippen MR) is 90.8 cm³/mol. The number of aliphatic hydroxyl groups is 1. The van der Waals surface area contributed by atoms with E-state index in [0.29, 0.717) is 0 Å². The molecule has 2 aromatic rings. The van der Waals surface area contributed by atoms with Gasteiger partial charge in [-0.1, -0.05) is 48.5 Å². The van der Waals surface area contributed by atoms with E-state index in [1.54, 1.807) is 0 Å². The summed E-state index contributed by atoms with van der Waals surface area (Å²) in [7, 11) is 0. The van der Waals surface area contributed by atoms with Crippen molar-refractivity contribution in [2.24, 2.45) is 0 Å². The van der Waals surface area contributed by atoms with Crippen LogP contribution in [0.5, 0.6) is 0 Å². The highest BCUT2D eigenvalue weighted by molar-refractivity contribution is 5.40. The molecular weight excluding hydrogens is 270 g/mol. The Balaban J connectivity index is 2.10. The average Bonchev–Trinajstić information content (AvgIpc) is 2.53. The van der Waals surface area contributed by atoms with Crippen LogP contribution in [-0.2, 0) is 0 Å². The van der Waals surface area contributed by atoms with Crippen LogP contribution >= 0.6 is 0 Å². The van der Waals surface area contributed by atoms with E-state index in [0.717, 1.165) is 25.8 Å². The monoisotopic (exact) mass is 295 g/mol. The summed E-state index contributed by atoms with van der Waals surface area (Å²) in [5.41, 5.74) is 5.18. The molecule has 1 unspecified atom stereocenters. The van der Waals surface area contributed by atoms with Crippen molar-refractivity contribution >= 4 is 0 Å². The minimum absolute atomic E-state index is 0.137. The van der Waals surface area contributed by atoms with Gasteiger partial charge in [-0.2, -0.15) is 0 Å². The minimum Gasteiger partial charge on any atom is -0.378 e. The number of aliphatic hydroxyl groups excluding tert-OH is 1. The number of benzene rings is 2. The second-order valence-electron chi connectivity index (χ2n) is 6.33. The van der Waals surface area contributed by atoms with E-state index in [2.05, 4.69) is 67.3 Å². The molecule has 1 N–H and O–H groups in total. The van der Waals surface area contributed by atoms with Crippen LogP contribution in [-0.4, -0.2) is 22.8 Å². The second kappa shape index (κ2) is 6.64. The third-order valence-electron chi connectivity index (χ3n) is 4.81. The van der Waals surface area contributed by atoms with Crippen molar-refractivity contribution < 1.29 is 5.11 Å². The third kappa shape index (κ3) is 2.94. The Morgan fingerprint density at radius 2 is 1.45 bits per heavy atom. The molecule has 3 rings (SSSR count). The topological polar surface area (TPSA) is 23.5 Å². The van der Waals surface area contributed by atoms with Crippen LogP contribution in [0.15, 0.2) is 48.5 Å². The summed E-state index contributed by atoms with van der Waals surface area (Å²) in [5, 5.41) is 10.6. The number of likely N-dealkylation sites (tertiary alicyclic amines) is 1. The van der Waals surface area contributed by atoms with Crippen molar-refractivity contribution in [1.82, 2.24) is 4.90 Å². The second-order valence-corrected chi connectivity index (χ2v) is 6.33.